The van der Waals surface area contributed by atoms with E-state index in [1.54, 1.807) is 11.9 Å². The molecule has 1 aliphatic carbocycles. The van der Waals surface area contributed by atoms with Gasteiger partial charge in [0.2, 0.25) is 0 Å². The van der Waals surface area contributed by atoms with Crippen molar-refractivity contribution >= 4 is 11.7 Å². The number of rotatable bonds is 3. The minimum atomic E-state index is -4.53. The second-order valence-electron chi connectivity index (χ2n) is 4.38. The fraction of sp³-hybridized carbons (Fsp3) is 0.417. The van der Waals surface area contributed by atoms with Crippen molar-refractivity contribution < 1.29 is 23.1 Å². The van der Waals surface area contributed by atoms with Crippen LogP contribution in [0.2, 0.25) is 0 Å². The molecule has 2 rings (SSSR count). The maximum absolute atomic E-state index is 12.5. The average molecular weight is 259 g/mol. The number of hydrogen-bond acceptors (Lipinski definition) is 2. The van der Waals surface area contributed by atoms with E-state index in [9.17, 15) is 18.0 Å². The number of carboxylic acid groups (broad SMARTS) is 1. The molecule has 1 aromatic carbocycles. The van der Waals surface area contributed by atoms with Gasteiger partial charge in [0.1, 0.15) is 0 Å². The predicted octanol–water partition coefficient (Wildman–Crippen LogP) is 3.00. The molecule has 0 bridgehead atoms. The van der Waals surface area contributed by atoms with Gasteiger partial charge in [0, 0.05) is 13.1 Å². The van der Waals surface area contributed by atoms with E-state index in [1.807, 2.05) is 0 Å². The van der Waals surface area contributed by atoms with E-state index < -0.39 is 17.7 Å². The fourth-order valence-corrected chi connectivity index (χ4v) is 1.85. The van der Waals surface area contributed by atoms with Crippen LogP contribution in [0.3, 0.4) is 0 Å². The van der Waals surface area contributed by atoms with Crippen LogP contribution in [0.5, 0.6) is 0 Å². The molecular formula is C12H12F3NO2. The lowest BCUT2D eigenvalue weighted by Gasteiger charge is -2.21. The van der Waals surface area contributed by atoms with Crippen LogP contribution in [0, 0.1) is 0 Å². The third kappa shape index (κ3) is 2.42. The number of carbonyl (C=O) groups is 1. The van der Waals surface area contributed by atoms with Gasteiger partial charge in [-0.3, -0.25) is 0 Å². The van der Waals surface area contributed by atoms with Crippen LogP contribution < -0.4 is 4.90 Å². The van der Waals surface area contributed by atoms with Gasteiger partial charge in [-0.1, -0.05) is 0 Å². The molecule has 3 nitrogen and oxygen atoms in total. The number of benzene rings is 1. The predicted molar refractivity (Wildman–Crippen MR) is 59.8 cm³/mol. The van der Waals surface area contributed by atoms with E-state index in [2.05, 4.69) is 0 Å². The molecule has 6 heteroatoms. The van der Waals surface area contributed by atoms with Gasteiger partial charge < -0.3 is 10.0 Å². The van der Waals surface area contributed by atoms with Crippen molar-refractivity contribution in [1.29, 1.82) is 0 Å². The highest BCUT2D eigenvalue weighted by atomic mass is 19.4. The Kier molecular flexibility index (Phi) is 2.96. The monoisotopic (exact) mass is 259 g/mol. The van der Waals surface area contributed by atoms with Crippen molar-refractivity contribution in [3.63, 3.8) is 0 Å². The van der Waals surface area contributed by atoms with Gasteiger partial charge in [0.05, 0.1) is 16.8 Å². The largest absolute Gasteiger partial charge is 0.478 e. The van der Waals surface area contributed by atoms with Crippen molar-refractivity contribution in [1.82, 2.24) is 0 Å². The zero-order valence-electron chi connectivity index (χ0n) is 9.66. The maximum atomic E-state index is 12.5. The minimum absolute atomic E-state index is 0.236. The van der Waals surface area contributed by atoms with Gasteiger partial charge in [-0.2, -0.15) is 13.2 Å². The zero-order chi connectivity index (χ0) is 13.5. The molecule has 0 saturated heterocycles. The van der Waals surface area contributed by atoms with Gasteiger partial charge >= 0.3 is 12.1 Å². The average Bonchev–Trinajstić information content (AvgIpc) is 3.09. The number of halogens is 3. The molecule has 0 amide bonds. The molecule has 0 aromatic heterocycles. The van der Waals surface area contributed by atoms with Crippen LogP contribution in [0.4, 0.5) is 18.9 Å². The second-order valence-corrected chi connectivity index (χ2v) is 4.38. The molecule has 18 heavy (non-hydrogen) atoms. The summed E-state index contributed by atoms with van der Waals surface area (Å²) in [6.07, 6.45) is -2.64. The summed E-state index contributed by atoms with van der Waals surface area (Å²) in [4.78, 5) is 12.8. The Morgan fingerprint density at radius 3 is 2.44 bits per heavy atom. The lowest BCUT2D eigenvalue weighted by Crippen LogP contribution is -2.22. The van der Waals surface area contributed by atoms with E-state index in [0.717, 1.165) is 18.9 Å². The third-order valence-electron chi connectivity index (χ3n) is 3.03. The Balaban J connectivity index is 2.44. The van der Waals surface area contributed by atoms with Crippen molar-refractivity contribution in [3.05, 3.63) is 29.3 Å². The summed E-state index contributed by atoms with van der Waals surface area (Å²) in [6.45, 7) is 0. The highest BCUT2D eigenvalue weighted by Crippen LogP contribution is 2.36. The highest BCUT2D eigenvalue weighted by molar-refractivity contribution is 5.94. The first-order chi connectivity index (χ1) is 8.30. The number of hydrogen-bond donors (Lipinski definition) is 1. The third-order valence-corrected chi connectivity index (χ3v) is 3.03. The van der Waals surface area contributed by atoms with Gasteiger partial charge in [-0.15, -0.1) is 0 Å². The topological polar surface area (TPSA) is 40.5 Å². The van der Waals surface area contributed by atoms with Crippen LogP contribution in [0.25, 0.3) is 0 Å². The van der Waals surface area contributed by atoms with Gasteiger partial charge in [0.25, 0.3) is 0 Å². The summed E-state index contributed by atoms with van der Waals surface area (Å²) in [5, 5.41) is 9.01. The van der Waals surface area contributed by atoms with Crippen molar-refractivity contribution in [2.75, 3.05) is 11.9 Å². The standard InChI is InChI=1S/C12H12F3NO2/c1-16(8-3-4-8)10-5-2-7(12(13,14)15)6-9(10)11(17)18/h2,5-6,8H,3-4H2,1H3,(H,17,18). The molecule has 1 fully saturated rings. The van der Waals surface area contributed by atoms with Crippen LogP contribution >= 0.6 is 0 Å². The first kappa shape index (κ1) is 12.7. The summed E-state index contributed by atoms with van der Waals surface area (Å²) in [6, 6.07) is 3.07. The number of carboxylic acids is 1. The first-order valence-corrected chi connectivity index (χ1v) is 5.48. The van der Waals surface area contributed by atoms with E-state index in [-0.39, 0.29) is 11.6 Å². The first-order valence-electron chi connectivity index (χ1n) is 5.48. The normalized spacial score (nSPS) is 15.6. The SMILES string of the molecule is CN(c1ccc(C(F)(F)F)cc1C(=O)O)C1CC1. The molecule has 1 aromatic rings. The van der Waals surface area contributed by atoms with Crippen LogP contribution in [-0.4, -0.2) is 24.2 Å². The molecule has 0 radical (unpaired) electrons. The van der Waals surface area contributed by atoms with Gasteiger partial charge in [-0.25, -0.2) is 4.79 Å². The quantitative estimate of drug-likeness (QED) is 0.907. The van der Waals surface area contributed by atoms with Crippen LogP contribution in [0.15, 0.2) is 18.2 Å². The van der Waals surface area contributed by atoms with Crippen LogP contribution in [0.1, 0.15) is 28.8 Å². The molecule has 1 aliphatic rings. The van der Waals surface area contributed by atoms with Gasteiger partial charge in [-0.05, 0) is 31.0 Å². The van der Waals surface area contributed by atoms with E-state index >= 15 is 0 Å². The Morgan fingerprint density at radius 2 is 2.00 bits per heavy atom. The van der Waals surface area contributed by atoms with Crippen molar-refractivity contribution in [3.8, 4) is 0 Å². The summed E-state index contributed by atoms with van der Waals surface area (Å²) >= 11 is 0. The number of nitrogens with zero attached hydrogens (tertiary/aromatic N) is 1. The Hall–Kier alpha value is -1.72. The Bertz CT molecular complexity index is 481. The van der Waals surface area contributed by atoms with Crippen molar-refractivity contribution in [2.24, 2.45) is 0 Å². The number of aromatic carboxylic acids is 1. The highest BCUT2D eigenvalue weighted by Gasteiger charge is 2.34. The smallest absolute Gasteiger partial charge is 0.416 e. The lowest BCUT2D eigenvalue weighted by atomic mass is 10.1. The van der Waals surface area contributed by atoms with Crippen molar-refractivity contribution in [2.45, 2.75) is 25.1 Å². The van der Waals surface area contributed by atoms with E-state index in [1.165, 1.54) is 6.07 Å². The minimum Gasteiger partial charge on any atom is -0.478 e. The fourth-order valence-electron chi connectivity index (χ4n) is 1.85. The lowest BCUT2D eigenvalue weighted by molar-refractivity contribution is -0.137. The molecule has 1 saturated carbocycles. The molecule has 0 spiro atoms. The zero-order valence-corrected chi connectivity index (χ0v) is 9.66. The molecule has 0 heterocycles. The van der Waals surface area contributed by atoms with Gasteiger partial charge in [0.15, 0.2) is 0 Å². The molecule has 0 unspecified atom stereocenters. The Morgan fingerprint density at radius 1 is 1.39 bits per heavy atom. The molecule has 0 aliphatic heterocycles. The Labute approximate surface area is 102 Å². The summed E-state index contributed by atoms with van der Waals surface area (Å²) in [7, 11) is 1.70. The number of anilines is 1. The van der Waals surface area contributed by atoms with Crippen LogP contribution in [-0.2, 0) is 6.18 Å². The molecule has 1 N–H and O–H groups in total. The summed E-state index contributed by atoms with van der Waals surface area (Å²) in [5.41, 5.74) is -0.912. The van der Waals surface area contributed by atoms with E-state index in [0.29, 0.717) is 11.8 Å². The summed E-state index contributed by atoms with van der Waals surface area (Å²) < 4.78 is 37.6. The maximum Gasteiger partial charge on any atom is 0.416 e. The number of alkyl halides is 3. The molecule has 0 atom stereocenters. The second kappa shape index (κ2) is 4.19. The van der Waals surface area contributed by atoms with E-state index in [4.69, 9.17) is 5.11 Å². The molecular weight excluding hydrogens is 247 g/mol. The molecule has 98 valence electrons. The summed E-state index contributed by atoms with van der Waals surface area (Å²) in [5.74, 6) is -1.34.